The third-order valence-electron chi connectivity index (χ3n) is 3.92. The Bertz CT molecular complexity index is 629. The fourth-order valence-corrected chi connectivity index (χ4v) is 3.28. The highest BCUT2D eigenvalue weighted by Crippen LogP contribution is 2.23. The molecule has 2 aromatic rings. The molecule has 1 aromatic carbocycles. The number of rotatable bonds is 6. The molecule has 1 amide bonds. The zero-order chi connectivity index (χ0) is 15.4. The molecule has 1 aliphatic rings. The lowest BCUT2D eigenvalue weighted by atomic mass is 10.0. The van der Waals surface area contributed by atoms with Crippen LogP contribution in [0.25, 0.3) is 0 Å². The van der Waals surface area contributed by atoms with E-state index >= 15 is 0 Å². The number of carbonyl (C=O) groups excluding carboxylic acids is 1. The smallest absolute Gasteiger partial charge is 0.228 e. The Labute approximate surface area is 146 Å². The van der Waals surface area contributed by atoms with Crippen molar-refractivity contribution in [1.82, 2.24) is 10.2 Å². The van der Waals surface area contributed by atoms with Crippen molar-refractivity contribution in [2.45, 2.75) is 13.1 Å². The largest absolute Gasteiger partial charge is 0.496 e. The van der Waals surface area contributed by atoms with Gasteiger partial charge in [-0.05, 0) is 17.5 Å². The first kappa shape index (κ1) is 17.8. The van der Waals surface area contributed by atoms with Gasteiger partial charge in [-0.1, -0.05) is 24.3 Å². The summed E-state index contributed by atoms with van der Waals surface area (Å²) in [4.78, 5) is 15.8. The first-order valence-electron chi connectivity index (χ1n) is 7.41. The number of nitrogens with zero attached hydrogens (tertiary/aromatic N) is 1. The highest BCUT2D eigenvalue weighted by atomic mass is 35.5. The van der Waals surface area contributed by atoms with Gasteiger partial charge in [0.1, 0.15) is 5.75 Å². The summed E-state index contributed by atoms with van der Waals surface area (Å²) in [6.07, 6.45) is 0. The monoisotopic (exact) mass is 352 g/mol. The van der Waals surface area contributed by atoms with Crippen molar-refractivity contribution in [2.24, 2.45) is 5.92 Å². The Morgan fingerprint density at radius 2 is 2.04 bits per heavy atom. The van der Waals surface area contributed by atoms with Crippen molar-refractivity contribution >= 4 is 29.7 Å². The van der Waals surface area contributed by atoms with Crippen LogP contribution in [0.15, 0.2) is 41.8 Å². The molecule has 124 valence electrons. The molecule has 0 radical (unpaired) electrons. The van der Waals surface area contributed by atoms with Crippen LogP contribution in [0, 0.1) is 5.92 Å². The van der Waals surface area contributed by atoms with E-state index in [1.807, 2.05) is 40.6 Å². The van der Waals surface area contributed by atoms with Gasteiger partial charge in [0.05, 0.1) is 19.6 Å². The lowest BCUT2D eigenvalue weighted by Gasteiger charge is -2.32. The van der Waals surface area contributed by atoms with E-state index in [9.17, 15) is 4.79 Å². The standard InChI is InChI=1S/C17H20N2O2S.ClH/c1-21-16-7-3-2-5-13(16)11-19(12-15-6-4-8-22-15)17(20)14-9-18-10-14;/h2-8,14,18H,9-12H2,1H3;1H. The van der Waals surface area contributed by atoms with Gasteiger partial charge >= 0.3 is 0 Å². The molecule has 1 aromatic heterocycles. The fraction of sp³-hybridized carbons (Fsp3) is 0.353. The summed E-state index contributed by atoms with van der Waals surface area (Å²) in [5.41, 5.74) is 1.04. The van der Waals surface area contributed by atoms with E-state index in [0.717, 1.165) is 24.4 Å². The summed E-state index contributed by atoms with van der Waals surface area (Å²) in [6, 6.07) is 12.0. The average Bonchev–Trinajstić information content (AvgIpc) is 2.98. The fourth-order valence-electron chi connectivity index (χ4n) is 2.56. The van der Waals surface area contributed by atoms with Crippen LogP contribution in [-0.2, 0) is 17.9 Å². The number of thiophene rings is 1. The van der Waals surface area contributed by atoms with Gasteiger partial charge < -0.3 is 15.0 Å². The third-order valence-corrected chi connectivity index (χ3v) is 4.78. The van der Waals surface area contributed by atoms with Crippen molar-refractivity contribution < 1.29 is 9.53 Å². The Morgan fingerprint density at radius 3 is 2.65 bits per heavy atom. The van der Waals surface area contributed by atoms with Crippen LogP contribution in [0.4, 0.5) is 0 Å². The Morgan fingerprint density at radius 1 is 1.26 bits per heavy atom. The predicted octanol–water partition coefficient (Wildman–Crippen LogP) is 2.93. The summed E-state index contributed by atoms with van der Waals surface area (Å²) in [7, 11) is 1.67. The van der Waals surface area contributed by atoms with Gasteiger partial charge in [0.15, 0.2) is 0 Å². The van der Waals surface area contributed by atoms with E-state index in [1.54, 1.807) is 18.4 Å². The zero-order valence-electron chi connectivity index (χ0n) is 13.0. The van der Waals surface area contributed by atoms with Gasteiger partial charge in [0.25, 0.3) is 0 Å². The Hall–Kier alpha value is -1.56. The van der Waals surface area contributed by atoms with E-state index in [4.69, 9.17) is 4.74 Å². The van der Waals surface area contributed by atoms with Crippen molar-refractivity contribution in [2.75, 3.05) is 20.2 Å². The number of carbonyl (C=O) groups is 1. The van der Waals surface area contributed by atoms with Crippen LogP contribution in [0.1, 0.15) is 10.4 Å². The molecule has 6 heteroatoms. The lowest BCUT2D eigenvalue weighted by molar-refractivity contribution is -0.138. The van der Waals surface area contributed by atoms with Gasteiger partial charge in [-0.25, -0.2) is 0 Å². The molecule has 0 spiro atoms. The topological polar surface area (TPSA) is 41.6 Å². The molecule has 1 fully saturated rings. The maximum Gasteiger partial charge on any atom is 0.228 e. The lowest BCUT2D eigenvalue weighted by Crippen LogP contribution is -2.51. The van der Waals surface area contributed by atoms with Crippen molar-refractivity contribution in [3.05, 3.63) is 52.2 Å². The van der Waals surface area contributed by atoms with E-state index in [-0.39, 0.29) is 24.2 Å². The van der Waals surface area contributed by atoms with Crippen molar-refractivity contribution in [1.29, 1.82) is 0 Å². The highest BCUT2D eigenvalue weighted by molar-refractivity contribution is 7.09. The molecule has 0 saturated carbocycles. The molecule has 0 unspecified atom stereocenters. The molecule has 23 heavy (non-hydrogen) atoms. The molecule has 1 N–H and O–H groups in total. The summed E-state index contributed by atoms with van der Waals surface area (Å²) in [5.74, 6) is 1.16. The zero-order valence-corrected chi connectivity index (χ0v) is 14.7. The number of ether oxygens (including phenoxy) is 1. The number of methoxy groups -OCH3 is 1. The first-order valence-corrected chi connectivity index (χ1v) is 8.29. The summed E-state index contributed by atoms with van der Waals surface area (Å²) >= 11 is 1.69. The molecule has 4 nitrogen and oxygen atoms in total. The van der Waals surface area contributed by atoms with Gasteiger partial charge in [0, 0.05) is 30.1 Å². The van der Waals surface area contributed by atoms with Crippen LogP contribution in [0.2, 0.25) is 0 Å². The minimum absolute atomic E-state index is 0. The second-order valence-electron chi connectivity index (χ2n) is 5.44. The van der Waals surface area contributed by atoms with Crippen LogP contribution < -0.4 is 10.1 Å². The molecule has 3 rings (SSSR count). The minimum atomic E-state index is 0. The Kier molecular flexibility index (Phi) is 6.45. The number of hydrogen-bond acceptors (Lipinski definition) is 4. The maximum atomic E-state index is 12.7. The SMILES string of the molecule is COc1ccccc1CN(Cc1cccs1)C(=O)C1CNC1.Cl. The van der Waals surface area contributed by atoms with Gasteiger partial charge in [-0.2, -0.15) is 0 Å². The number of para-hydroxylation sites is 1. The minimum Gasteiger partial charge on any atom is -0.496 e. The molecule has 0 aliphatic carbocycles. The molecule has 2 heterocycles. The third kappa shape index (κ3) is 4.25. The number of halogens is 1. The van der Waals surface area contributed by atoms with E-state index in [1.165, 1.54) is 4.88 Å². The average molecular weight is 353 g/mol. The molecule has 1 aliphatic heterocycles. The molecular weight excluding hydrogens is 332 g/mol. The van der Waals surface area contributed by atoms with Crippen molar-refractivity contribution in [3.8, 4) is 5.75 Å². The van der Waals surface area contributed by atoms with Crippen LogP contribution in [0.5, 0.6) is 5.75 Å². The van der Waals surface area contributed by atoms with Crippen LogP contribution in [-0.4, -0.2) is 31.0 Å². The molecular formula is C17H21ClN2O2S. The second kappa shape index (κ2) is 8.34. The number of benzene rings is 1. The molecule has 0 atom stereocenters. The number of nitrogens with one attached hydrogen (secondary N) is 1. The Balaban J connectivity index is 0.00000192. The highest BCUT2D eigenvalue weighted by Gasteiger charge is 2.29. The van der Waals surface area contributed by atoms with Gasteiger partial charge in [-0.15, -0.1) is 23.7 Å². The summed E-state index contributed by atoms with van der Waals surface area (Å²) in [6.45, 7) is 2.81. The van der Waals surface area contributed by atoms with E-state index in [2.05, 4.69) is 11.4 Å². The summed E-state index contributed by atoms with van der Waals surface area (Å²) < 4.78 is 5.41. The quantitative estimate of drug-likeness (QED) is 0.869. The number of hydrogen-bond donors (Lipinski definition) is 1. The molecule has 0 bridgehead atoms. The van der Waals surface area contributed by atoms with Gasteiger partial charge in [-0.3, -0.25) is 4.79 Å². The van der Waals surface area contributed by atoms with E-state index in [0.29, 0.717) is 13.1 Å². The van der Waals surface area contributed by atoms with Crippen LogP contribution >= 0.6 is 23.7 Å². The van der Waals surface area contributed by atoms with Gasteiger partial charge in [0.2, 0.25) is 5.91 Å². The second-order valence-corrected chi connectivity index (χ2v) is 6.47. The van der Waals surface area contributed by atoms with Crippen LogP contribution in [0.3, 0.4) is 0 Å². The number of amides is 1. The maximum absolute atomic E-state index is 12.7. The first-order chi connectivity index (χ1) is 10.8. The predicted molar refractivity (Wildman–Crippen MR) is 95.2 cm³/mol. The normalized spacial score (nSPS) is 13.8. The molecule has 1 saturated heterocycles. The summed E-state index contributed by atoms with van der Waals surface area (Å²) in [5, 5.41) is 5.22. The van der Waals surface area contributed by atoms with E-state index < -0.39 is 0 Å². The van der Waals surface area contributed by atoms with Crippen molar-refractivity contribution in [3.63, 3.8) is 0 Å².